The van der Waals surface area contributed by atoms with E-state index in [0.717, 1.165) is 12.8 Å². The van der Waals surface area contributed by atoms with Crippen LogP contribution in [-0.4, -0.2) is 0 Å². The Morgan fingerprint density at radius 1 is 1.09 bits per heavy atom. The predicted octanol–water partition coefficient (Wildman–Crippen LogP) is 5.84. The Morgan fingerprint density at radius 2 is 1.91 bits per heavy atom. The summed E-state index contributed by atoms with van der Waals surface area (Å²) >= 11 is 3.74. The number of nitrogens with one attached hydrogen (secondary N) is 1. The van der Waals surface area contributed by atoms with E-state index in [1.54, 1.807) is 0 Å². The van der Waals surface area contributed by atoms with Crippen LogP contribution in [0.1, 0.15) is 42.0 Å². The summed E-state index contributed by atoms with van der Waals surface area (Å²) in [7, 11) is 0. The fourth-order valence-corrected chi connectivity index (χ4v) is 4.55. The van der Waals surface area contributed by atoms with Gasteiger partial charge in [-0.3, -0.25) is 0 Å². The second kappa shape index (κ2) is 5.58. The van der Waals surface area contributed by atoms with E-state index >= 15 is 0 Å². The van der Waals surface area contributed by atoms with Gasteiger partial charge in [-0.2, -0.15) is 0 Å². The fourth-order valence-electron chi connectivity index (χ4n) is 4.02. The molecule has 1 aliphatic carbocycles. The Bertz CT molecular complexity index is 734. The van der Waals surface area contributed by atoms with Crippen molar-refractivity contribution in [1.82, 2.24) is 0 Å². The highest BCUT2D eigenvalue weighted by Gasteiger charge is 2.38. The van der Waals surface area contributed by atoms with Gasteiger partial charge in [-0.05, 0) is 41.5 Å². The van der Waals surface area contributed by atoms with E-state index < -0.39 is 0 Å². The van der Waals surface area contributed by atoms with Crippen molar-refractivity contribution >= 4 is 21.6 Å². The minimum atomic E-state index is 0.371. The van der Waals surface area contributed by atoms with E-state index in [4.69, 9.17) is 0 Å². The molecule has 0 saturated carbocycles. The predicted molar refractivity (Wildman–Crippen MR) is 96.3 cm³/mol. The summed E-state index contributed by atoms with van der Waals surface area (Å²) in [5, 5.41) is 3.88. The Balaban J connectivity index is 1.85. The molecule has 3 atom stereocenters. The van der Waals surface area contributed by atoms with Gasteiger partial charge in [-0.15, -0.1) is 0 Å². The second-order valence-electron chi connectivity index (χ2n) is 6.23. The lowest BCUT2D eigenvalue weighted by atomic mass is 9.76. The molecule has 1 nitrogen and oxygen atoms in total. The number of hydrogen-bond donors (Lipinski definition) is 1. The quantitative estimate of drug-likeness (QED) is 0.668. The van der Waals surface area contributed by atoms with Crippen molar-refractivity contribution < 1.29 is 0 Å². The Morgan fingerprint density at radius 3 is 2.73 bits per heavy atom. The zero-order valence-corrected chi connectivity index (χ0v) is 14.3. The van der Waals surface area contributed by atoms with Crippen molar-refractivity contribution in [2.45, 2.75) is 31.7 Å². The Labute approximate surface area is 140 Å². The van der Waals surface area contributed by atoms with Crippen LogP contribution in [0.4, 0.5) is 5.69 Å². The number of aryl methyl sites for hydroxylation is 1. The van der Waals surface area contributed by atoms with E-state index in [1.807, 2.05) is 0 Å². The molecule has 0 radical (unpaired) electrons. The van der Waals surface area contributed by atoms with Crippen molar-refractivity contribution in [2.75, 3.05) is 5.32 Å². The van der Waals surface area contributed by atoms with Crippen molar-refractivity contribution in [1.29, 1.82) is 0 Å². The molecule has 1 heterocycles. The standard InChI is InChI=1S/C20H20BrN/c1-2-13-7-5-10-15-14-9-6-11-16(14)20(22-19(13)15)17-8-3-4-12-18(17)21/h3-10,12,14,16,20,22H,2,11H2,1H3/t14-,16+,20+/m1/s1. The van der Waals surface area contributed by atoms with Crippen LogP contribution in [0.25, 0.3) is 0 Å². The van der Waals surface area contributed by atoms with Crippen LogP contribution in [0, 0.1) is 5.92 Å². The lowest BCUT2D eigenvalue weighted by Gasteiger charge is -2.39. The number of hydrogen-bond acceptors (Lipinski definition) is 1. The molecule has 2 aromatic carbocycles. The number of fused-ring (bicyclic) bond motifs is 3. The number of para-hydroxylation sites is 1. The largest absolute Gasteiger partial charge is 0.377 e. The highest BCUT2D eigenvalue weighted by atomic mass is 79.9. The average molecular weight is 354 g/mol. The van der Waals surface area contributed by atoms with Gasteiger partial charge in [0.1, 0.15) is 0 Å². The molecule has 2 aromatic rings. The molecular weight excluding hydrogens is 334 g/mol. The first-order chi connectivity index (χ1) is 10.8. The monoisotopic (exact) mass is 353 g/mol. The van der Waals surface area contributed by atoms with Gasteiger partial charge in [-0.25, -0.2) is 0 Å². The first kappa shape index (κ1) is 14.1. The average Bonchev–Trinajstić information content (AvgIpc) is 3.04. The van der Waals surface area contributed by atoms with E-state index in [2.05, 4.69) is 82.8 Å². The third-order valence-corrected chi connectivity index (χ3v) is 5.83. The molecule has 0 bridgehead atoms. The number of allylic oxidation sites excluding steroid dienone is 2. The third kappa shape index (κ3) is 2.13. The summed E-state index contributed by atoms with van der Waals surface area (Å²) in [5.41, 5.74) is 5.63. The zero-order chi connectivity index (χ0) is 15.1. The molecule has 0 saturated heterocycles. The Hall–Kier alpha value is -1.54. The minimum absolute atomic E-state index is 0.371. The van der Waals surface area contributed by atoms with Crippen molar-refractivity contribution in [3.05, 3.63) is 75.8 Å². The number of rotatable bonds is 2. The highest BCUT2D eigenvalue weighted by Crippen LogP contribution is 2.51. The molecule has 0 unspecified atom stereocenters. The lowest BCUT2D eigenvalue weighted by Crippen LogP contribution is -2.30. The molecule has 0 fully saturated rings. The SMILES string of the molecule is CCc1cccc2c1N[C@H](c1ccccc1Br)[C@H]1CC=C[C@H]21. The number of benzene rings is 2. The summed E-state index contributed by atoms with van der Waals surface area (Å²) in [6, 6.07) is 15.8. The molecule has 112 valence electrons. The first-order valence-electron chi connectivity index (χ1n) is 8.09. The molecule has 1 aliphatic heterocycles. The van der Waals surface area contributed by atoms with Crippen LogP contribution < -0.4 is 5.32 Å². The molecule has 22 heavy (non-hydrogen) atoms. The van der Waals surface area contributed by atoms with Gasteiger partial charge < -0.3 is 5.32 Å². The number of anilines is 1. The summed E-state index contributed by atoms with van der Waals surface area (Å²) in [6.07, 6.45) is 6.99. The van der Waals surface area contributed by atoms with E-state index in [0.29, 0.717) is 17.9 Å². The maximum atomic E-state index is 3.88. The normalized spacial score (nSPS) is 25.5. The summed E-state index contributed by atoms with van der Waals surface area (Å²) < 4.78 is 1.20. The van der Waals surface area contributed by atoms with E-state index in [-0.39, 0.29) is 0 Å². The maximum Gasteiger partial charge on any atom is 0.0565 e. The first-order valence-corrected chi connectivity index (χ1v) is 8.88. The van der Waals surface area contributed by atoms with E-state index in [1.165, 1.54) is 26.9 Å². The van der Waals surface area contributed by atoms with Gasteiger partial charge >= 0.3 is 0 Å². The molecular formula is C20H20BrN. The van der Waals surface area contributed by atoms with Gasteiger partial charge in [0.15, 0.2) is 0 Å². The van der Waals surface area contributed by atoms with Crippen LogP contribution in [0.3, 0.4) is 0 Å². The van der Waals surface area contributed by atoms with Crippen LogP contribution >= 0.6 is 15.9 Å². The second-order valence-corrected chi connectivity index (χ2v) is 7.09. The van der Waals surface area contributed by atoms with Gasteiger partial charge in [-0.1, -0.05) is 71.4 Å². The van der Waals surface area contributed by atoms with Crippen LogP contribution in [0.2, 0.25) is 0 Å². The molecule has 0 aromatic heterocycles. The topological polar surface area (TPSA) is 12.0 Å². The van der Waals surface area contributed by atoms with Crippen molar-refractivity contribution in [2.24, 2.45) is 5.92 Å². The van der Waals surface area contributed by atoms with Gasteiger partial charge in [0.2, 0.25) is 0 Å². The van der Waals surface area contributed by atoms with E-state index in [9.17, 15) is 0 Å². The number of halogens is 1. The minimum Gasteiger partial charge on any atom is -0.377 e. The van der Waals surface area contributed by atoms with Gasteiger partial charge in [0.25, 0.3) is 0 Å². The van der Waals surface area contributed by atoms with Gasteiger partial charge in [0, 0.05) is 16.1 Å². The van der Waals surface area contributed by atoms with Crippen molar-refractivity contribution in [3.8, 4) is 0 Å². The summed E-state index contributed by atoms with van der Waals surface area (Å²) in [6.45, 7) is 2.24. The van der Waals surface area contributed by atoms with Gasteiger partial charge in [0.05, 0.1) is 6.04 Å². The molecule has 4 rings (SSSR count). The van der Waals surface area contributed by atoms with Crippen LogP contribution in [0.5, 0.6) is 0 Å². The van der Waals surface area contributed by atoms with Crippen LogP contribution in [-0.2, 0) is 6.42 Å². The molecule has 0 spiro atoms. The zero-order valence-electron chi connectivity index (χ0n) is 12.7. The lowest BCUT2D eigenvalue weighted by molar-refractivity contribution is 0.424. The fraction of sp³-hybridized carbons (Fsp3) is 0.300. The van der Waals surface area contributed by atoms with Crippen LogP contribution in [0.15, 0.2) is 59.1 Å². The maximum absolute atomic E-state index is 3.88. The third-order valence-electron chi connectivity index (χ3n) is 5.10. The molecule has 1 N–H and O–H groups in total. The highest BCUT2D eigenvalue weighted by molar-refractivity contribution is 9.10. The molecule has 2 aliphatic rings. The summed E-state index contributed by atoms with van der Waals surface area (Å²) in [5.74, 6) is 1.15. The molecule has 0 amide bonds. The Kier molecular flexibility index (Phi) is 3.57. The molecule has 2 heteroatoms. The van der Waals surface area contributed by atoms with Crippen molar-refractivity contribution in [3.63, 3.8) is 0 Å². The smallest absolute Gasteiger partial charge is 0.0565 e. The summed E-state index contributed by atoms with van der Waals surface area (Å²) in [4.78, 5) is 0.